The van der Waals surface area contributed by atoms with Crippen LogP contribution in [-0.2, 0) is 12.8 Å². The average Bonchev–Trinajstić information content (AvgIpc) is 2.74. The molecule has 2 aromatic rings. The van der Waals surface area contributed by atoms with Crippen LogP contribution in [0.4, 0.5) is 5.69 Å². The molecule has 1 fully saturated rings. The van der Waals surface area contributed by atoms with Gasteiger partial charge in [0.05, 0.1) is 0 Å². The largest absolute Gasteiger partial charge is 0.399 e. The Labute approximate surface area is 172 Å². The maximum atomic E-state index is 5.77. The number of nitrogens with two attached hydrogens (primary N) is 1. The molecule has 1 nitrogen and oxygen atoms in total. The average molecular weight is 378 g/mol. The molecule has 1 aliphatic rings. The molecule has 0 spiro atoms. The number of benzene rings is 2. The minimum Gasteiger partial charge on any atom is -0.399 e. The molecule has 0 heterocycles. The van der Waals surface area contributed by atoms with Crippen LogP contribution in [0.2, 0.25) is 0 Å². The first-order chi connectivity index (χ1) is 13.7. The van der Waals surface area contributed by atoms with Gasteiger partial charge in [0.15, 0.2) is 0 Å². The van der Waals surface area contributed by atoms with Crippen LogP contribution in [0.1, 0.15) is 93.7 Å². The van der Waals surface area contributed by atoms with Crippen molar-refractivity contribution >= 4 is 5.69 Å². The van der Waals surface area contributed by atoms with Crippen molar-refractivity contribution in [1.82, 2.24) is 0 Å². The first kappa shape index (κ1) is 21.0. The predicted octanol–water partition coefficient (Wildman–Crippen LogP) is 7.69. The first-order valence-corrected chi connectivity index (χ1v) is 11.7. The van der Waals surface area contributed by atoms with E-state index in [0.717, 1.165) is 30.4 Å². The van der Waals surface area contributed by atoms with Gasteiger partial charge in [-0.05, 0) is 79.2 Å². The van der Waals surface area contributed by atoms with E-state index < -0.39 is 0 Å². The highest BCUT2D eigenvalue weighted by Gasteiger charge is 2.21. The molecule has 0 aromatic heterocycles. The molecule has 0 saturated heterocycles. The Morgan fingerprint density at radius 1 is 0.714 bits per heavy atom. The smallest absolute Gasteiger partial charge is 0.0314 e. The number of aryl methyl sites for hydroxylation is 2. The highest BCUT2D eigenvalue weighted by Crippen LogP contribution is 2.37. The van der Waals surface area contributed by atoms with Crippen LogP contribution in [0.3, 0.4) is 0 Å². The normalized spacial score (nSPS) is 19.6. The van der Waals surface area contributed by atoms with Gasteiger partial charge in [-0.15, -0.1) is 0 Å². The van der Waals surface area contributed by atoms with E-state index in [1.54, 1.807) is 5.56 Å². The van der Waals surface area contributed by atoms with Crippen molar-refractivity contribution < 1.29 is 0 Å². The van der Waals surface area contributed by atoms with Crippen LogP contribution < -0.4 is 5.73 Å². The van der Waals surface area contributed by atoms with Crippen molar-refractivity contribution in [3.05, 3.63) is 65.2 Å². The molecule has 0 radical (unpaired) electrons. The molecule has 0 unspecified atom stereocenters. The fraction of sp³-hybridized carbons (Fsp3) is 0.556. The molecule has 0 amide bonds. The molecule has 1 aliphatic carbocycles. The molecule has 2 aromatic carbocycles. The lowest BCUT2D eigenvalue weighted by Crippen LogP contribution is -2.13. The zero-order valence-corrected chi connectivity index (χ0v) is 17.8. The van der Waals surface area contributed by atoms with Crippen LogP contribution in [0, 0.1) is 5.92 Å². The van der Waals surface area contributed by atoms with Crippen molar-refractivity contribution in [3.8, 4) is 0 Å². The predicted molar refractivity (Wildman–Crippen MR) is 123 cm³/mol. The van der Waals surface area contributed by atoms with E-state index >= 15 is 0 Å². The second kappa shape index (κ2) is 11.3. The summed E-state index contributed by atoms with van der Waals surface area (Å²) in [5, 5.41) is 0. The third-order valence-electron chi connectivity index (χ3n) is 6.70. The van der Waals surface area contributed by atoms with Crippen LogP contribution in [0.15, 0.2) is 48.5 Å². The summed E-state index contributed by atoms with van der Waals surface area (Å²) in [5.74, 6) is 1.79. The number of anilines is 1. The topological polar surface area (TPSA) is 26.0 Å². The number of rotatable bonds is 10. The van der Waals surface area contributed by atoms with Gasteiger partial charge in [0, 0.05) is 5.69 Å². The second-order valence-electron chi connectivity index (χ2n) is 8.90. The van der Waals surface area contributed by atoms with E-state index in [0.29, 0.717) is 0 Å². The molecular weight excluding hydrogens is 338 g/mol. The summed E-state index contributed by atoms with van der Waals surface area (Å²) >= 11 is 0. The van der Waals surface area contributed by atoms with E-state index in [1.165, 1.54) is 75.3 Å². The minimum atomic E-state index is 0.794. The summed E-state index contributed by atoms with van der Waals surface area (Å²) in [6, 6.07) is 17.8. The van der Waals surface area contributed by atoms with Crippen LogP contribution >= 0.6 is 0 Å². The lowest BCUT2D eigenvalue weighted by molar-refractivity contribution is 0.302. The van der Waals surface area contributed by atoms with Crippen LogP contribution in [-0.4, -0.2) is 0 Å². The molecule has 2 N–H and O–H groups in total. The van der Waals surface area contributed by atoms with E-state index in [4.69, 9.17) is 5.73 Å². The fourth-order valence-electron chi connectivity index (χ4n) is 4.75. The standard InChI is InChI=1S/C27H39N/c1-2-3-4-5-6-7-22-10-16-25(17-11-22)26-18-12-23(13-19-26)8-9-24-14-20-27(28)21-15-24/h12-15,18-22,25H,2-11,16-17,28H2,1H3/t22-,25-. The zero-order chi connectivity index (χ0) is 19.6. The highest BCUT2D eigenvalue weighted by atomic mass is 14.5. The molecule has 1 saturated carbocycles. The van der Waals surface area contributed by atoms with Gasteiger partial charge in [0.2, 0.25) is 0 Å². The number of hydrogen-bond acceptors (Lipinski definition) is 1. The number of nitrogen functional groups attached to an aromatic ring is 1. The molecule has 1 heteroatoms. The molecule has 0 bridgehead atoms. The van der Waals surface area contributed by atoms with E-state index in [2.05, 4.69) is 43.3 Å². The maximum Gasteiger partial charge on any atom is 0.0314 e. The zero-order valence-electron chi connectivity index (χ0n) is 17.8. The second-order valence-corrected chi connectivity index (χ2v) is 8.90. The Balaban J connectivity index is 1.39. The van der Waals surface area contributed by atoms with Gasteiger partial charge >= 0.3 is 0 Å². The summed E-state index contributed by atoms with van der Waals surface area (Å²) in [4.78, 5) is 0. The van der Waals surface area contributed by atoms with Crippen molar-refractivity contribution in [2.24, 2.45) is 5.92 Å². The van der Waals surface area contributed by atoms with E-state index in [1.807, 2.05) is 12.1 Å². The van der Waals surface area contributed by atoms with E-state index in [9.17, 15) is 0 Å². The summed E-state index contributed by atoms with van der Waals surface area (Å²) in [7, 11) is 0. The molecular formula is C27H39N. The lowest BCUT2D eigenvalue weighted by atomic mass is 9.77. The molecule has 28 heavy (non-hydrogen) atoms. The van der Waals surface area contributed by atoms with Gasteiger partial charge in [-0.1, -0.05) is 81.8 Å². The van der Waals surface area contributed by atoms with Gasteiger partial charge in [-0.25, -0.2) is 0 Å². The van der Waals surface area contributed by atoms with Crippen LogP contribution in [0.25, 0.3) is 0 Å². The van der Waals surface area contributed by atoms with Gasteiger partial charge < -0.3 is 5.73 Å². The Morgan fingerprint density at radius 3 is 1.89 bits per heavy atom. The van der Waals surface area contributed by atoms with Crippen molar-refractivity contribution in [2.45, 2.75) is 89.9 Å². The molecule has 3 rings (SSSR count). The third-order valence-corrected chi connectivity index (χ3v) is 6.70. The number of hydrogen-bond donors (Lipinski definition) is 1. The van der Waals surface area contributed by atoms with Gasteiger partial charge in [-0.3, -0.25) is 0 Å². The van der Waals surface area contributed by atoms with Crippen molar-refractivity contribution in [3.63, 3.8) is 0 Å². The quantitative estimate of drug-likeness (QED) is 0.333. The van der Waals surface area contributed by atoms with Crippen molar-refractivity contribution in [2.75, 3.05) is 5.73 Å². The van der Waals surface area contributed by atoms with Crippen molar-refractivity contribution in [1.29, 1.82) is 0 Å². The monoisotopic (exact) mass is 377 g/mol. The summed E-state index contributed by atoms with van der Waals surface area (Å²) in [6.45, 7) is 2.30. The number of unbranched alkanes of at least 4 members (excludes halogenated alkanes) is 4. The minimum absolute atomic E-state index is 0.794. The summed E-state index contributed by atoms with van der Waals surface area (Å²) in [6.07, 6.45) is 16.5. The first-order valence-electron chi connectivity index (χ1n) is 11.7. The Kier molecular flexibility index (Phi) is 8.45. The van der Waals surface area contributed by atoms with Gasteiger partial charge in [0.1, 0.15) is 0 Å². The van der Waals surface area contributed by atoms with E-state index in [-0.39, 0.29) is 0 Å². The SMILES string of the molecule is CCCCCCC[C@H]1CC[C@H](c2ccc(CCc3ccc(N)cc3)cc2)CC1. The van der Waals surface area contributed by atoms with Gasteiger partial charge in [0.25, 0.3) is 0 Å². The summed E-state index contributed by atoms with van der Waals surface area (Å²) in [5.41, 5.74) is 11.0. The highest BCUT2D eigenvalue weighted by molar-refractivity contribution is 5.39. The fourth-order valence-corrected chi connectivity index (χ4v) is 4.75. The molecule has 0 atom stereocenters. The molecule has 152 valence electrons. The van der Waals surface area contributed by atoms with Crippen LogP contribution in [0.5, 0.6) is 0 Å². The Morgan fingerprint density at radius 2 is 1.29 bits per heavy atom. The third kappa shape index (κ3) is 6.69. The maximum absolute atomic E-state index is 5.77. The van der Waals surface area contributed by atoms with Gasteiger partial charge in [-0.2, -0.15) is 0 Å². The Hall–Kier alpha value is -1.76. The summed E-state index contributed by atoms with van der Waals surface area (Å²) < 4.78 is 0. The Bertz CT molecular complexity index is 662. The molecule has 0 aliphatic heterocycles. The lowest BCUT2D eigenvalue weighted by Gasteiger charge is -2.29.